The molecule has 0 unspecified atom stereocenters. The maximum absolute atomic E-state index is 12.3. The van der Waals surface area contributed by atoms with Crippen LogP contribution in [0.15, 0.2) is 30.3 Å². The van der Waals surface area contributed by atoms with Crippen molar-refractivity contribution >= 4 is 40.7 Å². The molecule has 8 heteroatoms. The molecule has 0 aromatic heterocycles. The van der Waals surface area contributed by atoms with Gasteiger partial charge in [0.05, 0.1) is 24.3 Å². The van der Waals surface area contributed by atoms with Gasteiger partial charge in [0.1, 0.15) is 11.1 Å². The van der Waals surface area contributed by atoms with E-state index in [9.17, 15) is 19.8 Å². The number of ether oxygens (including phenoxy) is 2. The smallest absolute Gasteiger partial charge is 0.339 e. The molecule has 4 aliphatic rings. The van der Waals surface area contributed by atoms with Crippen molar-refractivity contribution in [2.75, 3.05) is 14.2 Å². The van der Waals surface area contributed by atoms with Crippen LogP contribution >= 0.6 is 23.2 Å². The molecule has 0 amide bonds. The van der Waals surface area contributed by atoms with Gasteiger partial charge in [-0.3, -0.25) is 0 Å². The van der Waals surface area contributed by atoms with Gasteiger partial charge in [-0.1, -0.05) is 83.2 Å². The molecule has 4 aliphatic carbocycles. The topological polar surface area (TPSA) is 93.1 Å². The van der Waals surface area contributed by atoms with Crippen LogP contribution in [0.1, 0.15) is 156 Å². The van der Waals surface area contributed by atoms with Gasteiger partial charge in [0.25, 0.3) is 0 Å². The average molecular weight is 796 g/mol. The second-order valence-electron chi connectivity index (χ2n) is 18.7. The average Bonchev–Trinajstić information content (AvgIpc) is 3.49. The van der Waals surface area contributed by atoms with E-state index in [-0.39, 0.29) is 32.7 Å². The summed E-state index contributed by atoms with van der Waals surface area (Å²) in [7, 11) is 2.78. The number of halogens is 2. The van der Waals surface area contributed by atoms with Gasteiger partial charge in [0.15, 0.2) is 11.5 Å². The van der Waals surface area contributed by atoms with Crippen molar-refractivity contribution in [2.24, 2.45) is 58.2 Å². The molecule has 0 bridgehead atoms. The summed E-state index contributed by atoms with van der Waals surface area (Å²) < 4.78 is 10.7. The Bertz CT molecular complexity index is 1690. The van der Waals surface area contributed by atoms with Crippen LogP contribution in [0, 0.1) is 58.2 Å². The summed E-state index contributed by atoms with van der Waals surface area (Å²) in [6.07, 6.45) is 20.2. The minimum absolute atomic E-state index is 0.0663. The zero-order valence-electron chi connectivity index (χ0n) is 34.2. The van der Waals surface area contributed by atoms with E-state index in [2.05, 4.69) is 40.7 Å². The molecule has 6 rings (SSSR count). The Kier molecular flexibility index (Phi) is 13.0. The Morgan fingerprint density at radius 1 is 0.800 bits per heavy atom. The summed E-state index contributed by atoms with van der Waals surface area (Å²) in [6, 6.07) is 6.43. The summed E-state index contributed by atoms with van der Waals surface area (Å²) in [5, 5.41) is 20.4. The summed E-state index contributed by atoms with van der Waals surface area (Å²) in [6.45, 7) is 12.6. The molecule has 0 saturated heterocycles. The fourth-order valence-electron chi connectivity index (χ4n) is 12.7. The number of rotatable bonds is 14. The molecule has 0 heterocycles. The highest BCUT2D eigenvalue weighted by atomic mass is 35.5. The minimum Gasteiger partial charge on any atom is -0.494 e. The third kappa shape index (κ3) is 8.20. The van der Waals surface area contributed by atoms with Crippen molar-refractivity contribution in [3.05, 3.63) is 62.6 Å². The third-order valence-electron chi connectivity index (χ3n) is 15.5. The number of benzene rings is 2. The number of fused-ring (bicyclic) bond motifs is 5. The zero-order valence-corrected chi connectivity index (χ0v) is 35.7. The molecule has 4 saturated carbocycles. The first-order chi connectivity index (χ1) is 26.1. The summed E-state index contributed by atoms with van der Waals surface area (Å²) in [4.78, 5) is 24.5. The number of allylic oxidation sites excluding steroid dienone is 1. The third-order valence-corrected chi connectivity index (χ3v) is 16.0. The fourth-order valence-corrected chi connectivity index (χ4v) is 13.3. The first-order valence-electron chi connectivity index (χ1n) is 21.0. The van der Waals surface area contributed by atoms with Crippen LogP contribution in [-0.2, 0) is 0 Å². The van der Waals surface area contributed by atoms with Crippen LogP contribution in [0.3, 0.4) is 0 Å². The van der Waals surface area contributed by atoms with Gasteiger partial charge in [-0.15, -0.1) is 0 Å². The number of carboxylic acid groups (broad SMARTS) is 2. The van der Waals surface area contributed by atoms with E-state index in [1.807, 2.05) is 0 Å². The Balaban J connectivity index is 1.19. The zero-order chi connectivity index (χ0) is 39.8. The maximum Gasteiger partial charge on any atom is 0.339 e. The summed E-state index contributed by atoms with van der Waals surface area (Å²) >= 11 is 13.2. The van der Waals surface area contributed by atoms with Crippen LogP contribution in [0.5, 0.6) is 11.5 Å². The quantitative estimate of drug-likeness (QED) is 0.198. The van der Waals surface area contributed by atoms with E-state index in [1.54, 1.807) is 12.1 Å². The molecule has 6 nitrogen and oxygen atoms in total. The number of aromatic carboxylic acids is 2. The second kappa shape index (κ2) is 17.0. The van der Waals surface area contributed by atoms with E-state index in [0.717, 1.165) is 54.3 Å². The van der Waals surface area contributed by atoms with Crippen LogP contribution in [0.2, 0.25) is 10.0 Å². The molecule has 2 aromatic carbocycles. The van der Waals surface area contributed by atoms with E-state index in [0.29, 0.717) is 33.4 Å². The Labute approximate surface area is 339 Å². The van der Waals surface area contributed by atoms with E-state index >= 15 is 0 Å². The summed E-state index contributed by atoms with van der Waals surface area (Å²) in [5.74, 6) is 4.34. The fraction of sp³-hybridized carbons (Fsp3) is 0.660. The molecular formula is C47H64Cl2O6. The summed E-state index contributed by atoms with van der Waals surface area (Å²) in [5.41, 5.74) is 2.59. The van der Waals surface area contributed by atoms with Crippen LogP contribution < -0.4 is 9.47 Å². The number of hydrogen-bond donors (Lipinski definition) is 2. The Morgan fingerprint density at radius 3 is 1.95 bits per heavy atom. The predicted molar refractivity (Wildman–Crippen MR) is 223 cm³/mol. The standard InChI is InChI=1S/C47H64Cl2O6/c1-27(2)10-8-11-28(3)37-16-17-38-34-15-14-32-22-29(18-20-46(32,4)39(34)19-21-47(37,38)5)12-9-13-33(30-23-35(44(50)51)42(54-6)40(48)25-30)31-24-36(45(52)53)43(55-7)41(49)26-31/h13,23-29,32,34,37-39H,8-12,14-22H2,1-7H3,(H,50,51)(H,52,53)/t28-,29+,32+,34+,37-,38+,39+,46+,47-/m1/s1. The molecule has 4 fully saturated rings. The highest BCUT2D eigenvalue weighted by molar-refractivity contribution is 6.33. The number of hydrogen-bond acceptors (Lipinski definition) is 4. The molecule has 9 atom stereocenters. The Morgan fingerprint density at radius 2 is 1.38 bits per heavy atom. The maximum atomic E-state index is 12.3. The lowest BCUT2D eigenvalue weighted by atomic mass is 9.44. The van der Waals surface area contributed by atoms with Crippen molar-refractivity contribution in [1.29, 1.82) is 0 Å². The molecule has 0 radical (unpaired) electrons. The highest BCUT2D eigenvalue weighted by Crippen LogP contribution is 2.69. The molecule has 0 aliphatic heterocycles. The number of carboxylic acids is 2. The first-order valence-corrected chi connectivity index (χ1v) is 21.8. The van der Waals surface area contributed by atoms with Crippen LogP contribution in [0.4, 0.5) is 0 Å². The normalized spacial score (nSPS) is 30.5. The first kappa shape index (κ1) is 41.9. The van der Waals surface area contributed by atoms with Gasteiger partial charge < -0.3 is 19.7 Å². The number of carbonyl (C=O) groups is 2. The van der Waals surface area contributed by atoms with Crippen molar-refractivity contribution < 1.29 is 29.3 Å². The van der Waals surface area contributed by atoms with E-state index in [4.69, 9.17) is 32.7 Å². The Hall–Kier alpha value is -2.70. The largest absolute Gasteiger partial charge is 0.494 e. The van der Waals surface area contributed by atoms with Gasteiger partial charge >= 0.3 is 11.9 Å². The molecule has 55 heavy (non-hydrogen) atoms. The van der Waals surface area contributed by atoms with Gasteiger partial charge in [0.2, 0.25) is 0 Å². The van der Waals surface area contributed by atoms with Crippen molar-refractivity contribution in [1.82, 2.24) is 0 Å². The molecular weight excluding hydrogens is 731 g/mol. The second-order valence-corrected chi connectivity index (χ2v) is 19.5. The SMILES string of the molecule is COc1c(Cl)cc(C(=CCC[C@H]2CC[C@@]3(C)[C@@H](CC[C@@H]4[C@@H]3CC[C@]3(C)[C@@H]([C@H](C)CCCC(C)C)CC[C@@H]43)C2)c2cc(Cl)c(OC)c(C(=O)O)c2)cc1C(=O)O. The predicted octanol–water partition coefficient (Wildman–Crippen LogP) is 13.4. The van der Waals surface area contributed by atoms with Gasteiger partial charge in [-0.2, -0.15) is 0 Å². The molecule has 2 aromatic rings. The van der Waals surface area contributed by atoms with Crippen molar-refractivity contribution in [3.8, 4) is 11.5 Å². The monoisotopic (exact) mass is 794 g/mol. The van der Waals surface area contributed by atoms with Crippen LogP contribution in [0.25, 0.3) is 5.57 Å². The van der Waals surface area contributed by atoms with Crippen molar-refractivity contribution in [2.45, 2.75) is 125 Å². The molecule has 2 N–H and O–H groups in total. The van der Waals surface area contributed by atoms with E-state index < -0.39 is 11.9 Å². The van der Waals surface area contributed by atoms with Crippen molar-refractivity contribution in [3.63, 3.8) is 0 Å². The lowest BCUT2D eigenvalue weighted by molar-refractivity contribution is -0.121. The van der Waals surface area contributed by atoms with Gasteiger partial charge in [0, 0.05) is 0 Å². The van der Waals surface area contributed by atoms with Crippen LogP contribution in [-0.4, -0.2) is 36.4 Å². The van der Waals surface area contributed by atoms with Gasteiger partial charge in [-0.05, 0) is 170 Å². The number of methoxy groups -OCH3 is 2. The highest BCUT2D eigenvalue weighted by Gasteiger charge is 2.60. The minimum atomic E-state index is -1.17. The molecule has 0 spiro atoms. The molecule has 302 valence electrons. The lowest BCUT2D eigenvalue weighted by Gasteiger charge is -2.61. The van der Waals surface area contributed by atoms with Gasteiger partial charge in [-0.25, -0.2) is 9.59 Å². The van der Waals surface area contributed by atoms with E-state index in [1.165, 1.54) is 103 Å². The lowest BCUT2D eigenvalue weighted by Crippen LogP contribution is -2.53.